The van der Waals surface area contributed by atoms with Crippen molar-refractivity contribution in [2.75, 3.05) is 33.9 Å². The van der Waals surface area contributed by atoms with Crippen LogP contribution in [0.25, 0.3) is 10.9 Å². The molecule has 0 aliphatic carbocycles. The van der Waals surface area contributed by atoms with E-state index in [0.29, 0.717) is 54.4 Å². The van der Waals surface area contributed by atoms with Gasteiger partial charge in [-0.2, -0.15) is 0 Å². The first-order valence-corrected chi connectivity index (χ1v) is 10.1. The Kier molecular flexibility index (Phi) is 8.45. The average Bonchev–Trinajstić information content (AvgIpc) is 2.73. The van der Waals surface area contributed by atoms with Crippen LogP contribution in [0.1, 0.15) is 33.6 Å². The summed E-state index contributed by atoms with van der Waals surface area (Å²) in [7, 11) is 3.07. The first-order valence-electron chi connectivity index (χ1n) is 10.1. The molecule has 1 atom stereocenters. The van der Waals surface area contributed by atoms with Gasteiger partial charge in [0.2, 0.25) is 5.91 Å². The van der Waals surface area contributed by atoms with Gasteiger partial charge in [-0.25, -0.2) is 4.98 Å². The second kappa shape index (κ2) is 10.8. The molecule has 0 aliphatic heterocycles. The maximum Gasteiger partial charge on any atom is 0.261 e. The highest BCUT2D eigenvalue weighted by molar-refractivity contribution is 5.81. The Morgan fingerprint density at radius 3 is 2.48 bits per heavy atom. The van der Waals surface area contributed by atoms with E-state index in [0.717, 1.165) is 13.1 Å². The molecule has 2 aromatic rings. The van der Waals surface area contributed by atoms with Crippen LogP contribution in [-0.2, 0) is 11.3 Å². The Morgan fingerprint density at radius 1 is 1.21 bits per heavy atom. The molecule has 1 amide bonds. The second-order valence-corrected chi connectivity index (χ2v) is 6.95. The van der Waals surface area contributed by atoms with Gasteiger partial charge in [-0.1, -0.05) is 13.8 Å². The van der Waals surface area contributed by atoms with Crippen LogP contribution < -0.4 is 20.3 Å². The van der Waals surface area contributed by atoms with Crippen LogP contribution in [0, 0.1) is 0 Å². The summed E-state index contributed by atoms with van der Waals surface area (Å²) in [6.45, 7) is 9.31. The molecular formula is C21H32N4O4. The van der Waals surface area contributed by atoms with Crippen molar-refractivity contribution in [2.24, 2.45) is 0 Å². The predicted molar refractivity (Wildman–Crippen MR) is 114 cm³/mol. The number of aryl methyl sites for hydroxylation is 1. The lowest BCUT2D eigenvalue weighted by atomic mass is 10.2. The monoisotopic (exact) mass is 404 g/mol. The van der Waals surface area contributed by atoms with Gasteiger partial charge in [0.05, 0.1) is 31.4 Å². The van der Waals surface area contributed by atoms with E-state index in [-0.39, 0.29) is 11.5 Å². The summed E-state index contributed by atoms with van der Waals surface area (Å²) in [5.74, 6) is 1.01. The van der Waals surface area contributed by atoms with E-state index in [9.17, 15) is 9.59 Å². The summed E-state index contributed by atoms with van der Waals surface area (Å²) >= 11 is 0. The SMILES string of the molecule is CCN(CC)C(C)CNC(=O)CCCn1cnc2cc(OC)c(OC)cc2c1=O. The van der Waals surface area contributed by atoms with E-state index < -0.39 is 0 Å². The van der Waals surface area contributed by atoms with Gasteiger partial charge in [-0.05, 0) is 32.5 Å². The third-order valence-electron chi connectivity index (χ3n) is 5.16. The van der Waals surface area contributed by atoms with Gasteiger partial charge in [-0.3, -0.25) is 19.1 Å². The fraction of sp³-hybridized carbons (Fsp3) is 0.571. The molecule has 8 heteroatoms. The Morgan fingerprint density at radius 2 is 1.86 bits per heavy atom. The molecule has 0 spiro atoms. The van der Waals surface area contributed by atoms with Crippen LogP contribution in [0.3, 0.4) is 0 Å². The Hall–Kier alpha value is -2.61. The summed E-state index contributed by atoms with van der Waals surface area (Å²) in [6.07, 6.45) is 2.43. The van der Waals surface area contributed by atoms with Gasteiger partial charge in [0, 0.05) is 31.6 Å². The minimum absolute atomic E-state index is 0.00258. The standard InChI is InChI=1S/C21H32N4O4/c1-6-24(7-2)15(3)13-22-20(26)9-8-10-25-14-23-17-12-19(29-5)18(28-4)11-16(17)21(25)27/h11-12,14-15H,6-10,13H2,1-5H3,(H,22,26). The smallest absolute Gasteiger partial charge is 0.261 e. The molecule has 1 N–H and O–H groups in total. The number of aromatic nitrogens is 2. The first-order chi connectivity index (χ1) is 13.9. The summed E-state index contributed by atoms with van der Waals surface area (Å²) in [5.41, 5.74) is 0.388. The Labute approximate surface area is 171 Å². The highest BCUT2D eigenvalue weighted by atomic mass is 16.5. The van der Waals surface area contributed by atoms with Gasteiger partial charge in [0.15, 0.2) is 11.5 Å². The fourth-order valence-electron chi connectivity index (χ4n) is 3.38. The number of hydrogen-bond acceptors (Lipinski definition) is 6. The molecule has 0 saturated carbocycles. The van der Waals surface area contributed by atoms with Crippen molar-refractivity contribution in [3.05, 3.63) is 28.8 Å². The molecule has 1 heterocycles. The minimum Gasteiger partial charge on any atom is -0.493 e. The zero-order valence-corrected chi connectivity index (χ0v) is 18.0. The Bertz CT molecular complexity index is 877. The number of benzene rings is 1. The summed E-state index contributed by atoms with van der Waals surface area (Å²) < 4.78 is 12.1. The third-order valence-corrected chi connectivity index (χ3v) is 5.16. The zero-order valence-electron chi connectivity index (χ0n) is 18.0. The molecule has 2 rings (SSSR count). The van der Waals surface area contributed by atoms with Crippen molar-refractivity contribution in [1.29, 1.82) is 0 Å². The highest BCUT2D eigenvalue weighted by Crippen LogP contribution is 2.29. The zero-order chi connectivity index (χ0) is 21.4. The summed E-state index contributed by atoms with van der Waals surface area (Å²) in [5, 5.41) is 3.44. The van der Waals surface area contributed by atoms with Crippen molar-refractivity contribution in [3.63, 3.8) is 0 Å². The van der Waals surface area contributed by atoms with Crippen molar-refractivity contribution >= 4 is 16.8 Å². The number of amides is 1. The molecule has 1 aromatic carbocycles. The molecule has 0 saturated heterocycles. The molecule has 160 valence electrons. The van der Waals surface area contributed by atoms with Crippen molar-refractivity contribution < 1.29 is 14.3 Å². The molecule has 1 aromatic heterocycles. The molecule has 29 heavy (non-hydrogen) atoms. The lowest BCUT2D eigenvalue weighted by molar-refractivity contribution is -0.121. The number of hydrogen-bond donors (Lipinski definition) is 1. The number of likely N-dealkylation sites (N-methyl/N-ethyl adjacent to an activating group) is 1. The Balaban J connectivity index is 1.96. The van der Waals surface area contributed by atoms with Crippen LogP contribution in [-0.4, -0.2) is 60.3 Å². The maximum atomic E-state index is 12.7. The van der Waals surface area contributed by atoms with Crippen molar-refractivity contribution in [3.8, 4) is 11.5 Å². The summed E-state index contributed by atoms with van der Waals surface area (Å²) in [4.78, 5) is 31.5. The number of carbonyl (C=O) groups excluding carboxylic acids is 1. The average molecular weight is 405 g/mol. The second-order valence-electron chi connectivity index (χ2n) is 6.95. The normalized spacial score (nSPS) is 12.2. The van der Waals surface area contributed by atoms with E-state index in [1.165, 1.54) is 18.0 Å². The highest BCUT2D eigenvalue weighted by Gasteiger charge is 2.13. The number of nitrogens with zero attached hydrogens (tertiary/aromatic N) is 3. The van der Waals surface area contributed by atoms with Gasteiger partial charge in [-0.15, -0.1) is 0 Å². The number of carbonyl (C=O) groups is 1. The number of nitrogens with one attached hydrogen (secondary N) is 1. The minimum atomic E-state index is -0.161. The fourth-order valence-corrected chi connectivity index (χ4v) is 3.38. The predicted octanol–water partition coefficient (Wildman–Crippen LogP) is 2.04. The lowest BCUT2D eigenvalue weighted by Gasteiger charge is -2.26. The number of rotatable bonds is 11. The van der Waals surface area contributed by atoms with Crippen molar-refractivity contribution in [2.45, 2.75) is 46.2 Å². The van der Waals surface area contributed by atoms with Gasteiger partial charge < -0.3 is 14.8 Å². The van der Waals surface area contributed by atoms with Gasteiger partial charge in [0.25, 0.3) is 5.56 Å². The molecular weight excluding hydrogens is 372 g/mol. The molecule has 8 nitrogen and oxygen atoms in total. The topological polar surface area (TPSA) is 85.7 Å². The molecule has 0 aliphatic rings. The van der Waals surface area contributed by atoms with E-state index in [2.05, 4.69) is 36.0 Å². The van der Waals surface area contributed by atoms with Crippen LogP contribution in [0.2, 0.25) is 0 Å². The maximum absolute atomic E-state index is 12.7. The quantitative estimate of drug-likeness (QED) is 0.617. The molecule has 1 unspecified atom stereocenters. The van der Waals surface area contributed by atoms with Crippen LogP contribution >= 0.6 is 0 Å². The lowest BCUT2D eigenvalue weighted by Crippen LogP contribution is -2.42. The summed E-state index contributed by atoms with van der Waals surface area (Å²) in [6, 6.07) is 3.62. The van der Waals surface area contributed by atoms with E-state index in [1.54, 1.807) is 19.2 Å². The van der Waals surface area contributed by atoms with E-state index >= 15 is 0 Å². The molecule has 0 fully saturated rings. The van der Waals surface area contributed by atoms with Gasteiger partial charge in [0.1, 0.15) is 0 Å². The van der Waals surface area contributed by atoms with Crippen LogP contribution in [0.5, 0.6) is 11.5 Å². The largest absolute Gasteiger partial charge is 0.493 e. The number of fused-ring (bicyclic) bond motifs is 1. The van der Waals surface area contributed by atoms with E-state index in [1.807, 2.05) is 0 Å². The van der Waals surface area contributed by atoms with E-state index in [4.69, 9.17) is 9.47 Å². The van der Waals surface area contributed by atoms with Crippen LogP contribution in [0.4, 0.5) is 0 Å². The number of methoxy groups -OCH3 is 2. The molecule has 0 radical (unpaired) electrons. The first kappa shape index (κ1) is 22.7. The third kappa shape index (κ3) is 5.69. The van der Waals surface area contributed by atoms with Crippen LogP contribution in [0.15, 0.2) is 23.3 Å². The van der Waals surface area contributed by atoms with Crippen molar-refractivity contribution in [1.82, 2.24) is 19.8 Å². The molecule has 0 bridgehead atoms. The number of ether oxygens (including phenoxy) is 2. The van der Waals surface area contributed by atoms with Gasteiger partial charge >= 0.3 is 0 Å².